The van der Waals surface area contributed by atoms with Crippen LogP contribution in [0.1, 0.15) is 51.3 Å². The number of nitrogens with zero attached hydrogens (tertiary/aromatic N) is 1. The Balaban J connectivity index is 1.71. The zero-order valence-electron chi connectivity index (χ0n) is 21.2. The second-order valence-electron chi connectivity index (χ2n) is 9.17. The average Bonchev–Trinajstić information content (AvgIpc) is 3.17. The van der Waals surface area contributed by atoms with Gasteiger partial charge in [0.15, 0.2) is 16.9 Å². The Kier molecular flexibility index (Phi) is 6.57. The summed E-state index contributed by atoms with van der Waals surface area (Å²) in [5.41, 5.74) is 4.25. The largest absolute Gasteiger partial charge is 0.490 e. The van der Waals surface area contributed by atoms with Crippen LogP contribution in [0.3, 0.4) is 0 Å². The molecule has 0 N–H and O–H groups in total. The number of fused-ring (bicyclic) bond motifs is 2. The van der Waals surface area contributed by atoms with Crippen molar-refractivity contribution >= 4 is 16.9 Å². The van der Waals surface area contributed by atoms with E-state index >= 15 is 0 Å². The highest BCUT2D eigenvalue weighted by Gasteiger charge is 2.43. The van der Waals surface area contributed by atoms with Crippen molar-refractivity contribution in [2.24, 2.45) is 0 Å². The fraction of sp³-hybridized carbons (Fsp3) is 0.226. The van der Waals surface area contributed by atoms with Gasteiger partial charge in [0.1, 0.15) is 12.2 Å². The molecule has 5 rings (SSSR count). The van der Waals surface area contributed by atoms with E-state index < -0.39 is 6.04 Å². The molecule has 0 aliphatic carbocycles. The lowest BCUT2D eigenvalue weighted by atomic mass is 9.97. The predicted octanol–water partition coefficient (Wildman–Crippen LogP) is 6.12. The van der Waals surface area contributed by atoms with Crippen molar-refractivity contribution in [3.05, 3.63) is 117 Å². The fourth-order valence-electron chi connectivity index (χ4n) is 4.80. The Morgan fingerprint density at radius 2 is 1.73 bits per heavy atom. The second-order valence-corrected chi connectivity index (χ2v) is 9.17. The summed E-state index contributed by atoms with van der Waals surface area (Å²) in [5.74, 6) is 0.887. The highest BCUT2D eigenvalue weighted by molar-refractivity contribution is 5.99. The predicted molar refractivity (Wildman–Crippen MR) is 143 cm³/mol. The van der Waals surface area contributed by atoms with E-state index in [0.717, 1.165) is 22.3 Å². The van der Waals surface area contributed by atoms with E-state index in [4.69, 9.17) is 13.9 Å². The first-order valence-electron chi connectivity index (χ1n) is 12.4. The molecule has 0 saturated carbocycles. The lowest BCUT2D eigenvalue weighted by Crippen LogP contribution is -2.29. The average molecular weight is 496 g/mol. The van der Waals surface area contributed by atoms with Gasteiger partial charge in [0.25, 0.3) is 5.91 Å². The van der Waals surface area contributed by atoms with Gasteiger partial charge < -0.3 is 18.8 Å². The molecule has 0 saturated heterocycles. The number of benzene rings is 3. The van der Waals surface area contributed by atoms with Crippen LogP contribution in [0.5, 0.6) is 11.5 Å². The molecule has 1 aliphatic rings. The highest BCUT2D eigenvalue weighted by atomic mass is 16.5. The minimum Gasteiger partial charge on any atom is -0.490 e. The normalized spacial score (nSPS) is 14.6. The van der Waals surface area contributed by atoms with Gasteiger partial charge in [-0.2, -0.15) is 0 Å². The summed E-state index contributed by atoms with van der Waals surface area (Å²) in [6.07, 6.45) is 1.66. The van der Waals surface area contributed by atoms with Crippen molar-refractivity contribution in [1.29, 1.82) is 0 Å². The maximum absolute atomic E-state index is 13.9. The van der Waals surface area contributed by atoms with Gasteiger partial charge in [-0.25, -0.2) is 0 Å². The third kappa shape index (κ3) is 4.40. The Morgan fingerprint density at radius 3 is 2.46 bits per heavy atom. The van der Waals surface area contributed by atoms with E-state index in [2.05, 4.69) is 6.58 Å². The molecular formula is C31H29NO5. The van der Waals surface area contributed by atoms with Gasteiger partial charge in [-0.15, -0.1) is 0 Å². The molecule has 2 heterocycles. The number of carbonyl (C=O) groups excluding carboxylic acids is 1. The molecule has 6 heteroatoms. The van der Waals surface area contributed by atoms with E-state index in [1.54, 1.807) is 11.0 Å². The van der Waals surface area contributed by atoms with Gasteiger partial charge in [0.05, 0.1) is 23.6 Å². The summed E-state index contributed by atoms with van der Waals surface area (Å²) in [6.45, 7) is 10.6. The lowest BCUT2D eigenvalue weighted by molar-refractivity contribution is 0.0714. The summed E-state index contributed by atoms with van der Waals surface area (Å²) < 4.78 is 17.8. The molecule has 1 unspecified atom stereocenters. The van der Waals surface area contributed by atoms with Gasteiger partial charge in [-0.1, -0.05) is 49.1 Å². The number of rotatable bonds is 8. The van der Waals surface area contributed by atoms with Crippen LogP contribution < -0.4 is 14.9 Å². The van der Waals surface area contributed by atoms with Gasteiger partial charge in [0.2, 0.25) is 5.76 Å². The Hall–Kier alpha value is -4.32. The number of amides is 1. The van der Waals surface area contributed by atoms with Crippen LogP contribution in [-0.2, 0) is 6.54 Å². The summed E-state index contributed by atoms with van der Waals surface area (Å²) >= 11 is 0. The monoisotopic (exact) mass is 495 g/mol. The van der Waals surface area contributed by atoms with Crippen molar-refractivity contribution in [3.8, 4) is 11.5 Å². The number of carbonyl (C=O) groups is 1. The molecule has 0 spiro atoms. The minimum absolute atomic E-state index is 0.0895. The van der Waals surface area contributed by atoms with Crippen molar-refractivity contribution in [1.82, 2.24) is 4.90 Å². The maximum Gasteiger partial charge on any atom is 0.291 e. The second kappa shape index (κ2) is 9.97. The minimum atomic E-state index is -0.641. The number of ether oxygens (including phenoxy) is 2. The Labute approximate surface area is 215 Å². The maximum atomic E-state index is 13.9. The molecule has 0 fully saturated rings. The van der Waals surface area contributed by atoms with Crippen LogP contribution in [0.15, 0.2) is 82.5 Å². The van der Waals surface area contributed by atoms with Crippen molar-refractivity contribution in [3.63, 3.8) is 0 Å². The summed E-state index contributed by atoms with van der Waals surface area (Å²) in [6, 6.07) is 18.3. The number of aryl methyl sites for hydroxylation is 2. The first-order chi connectivity index (χ1) is 17.9. The summed E-state index contributed by atoms with van der Waals surface area (Å²) in [5, 5.41) is 0.470. The molecule has 0 bridgehead atoms. The van der Waals surface area contributed by atoms with Gasteiger partial charge in [0, 0.05) is 6.54 Å². The van der Waals surface area contributed by atoms with E-state index in [-0.39, 0.29) is 17.1 Å². The molecule has 0 radical (unpaired) electrons. The third-order valence-corrected chi connectivity index (χ3v) is 6.72. The first-order valence-corrected chi connectivity index (χ1v) is 12.4. The van der Waals surface area contributed by atoms with Gasteiger partial charge in [-0.05, 0) is 67.3 Å². The van der Waals surface area contributed by atoms with E-state index in [0.29, 0.717) is 47.8 Å². The number of hydrogen-bond donors (Lipinski definition) is 0. The van der Waals surface area contributed by atoms with Crippen molar-refractivity contribution < 1.29 is 18.7 Å². The third-order valence-electron chi connectivity index (χ3n) is 6.72. The van der Waals surface area contributed by atoms with Gasteiger partial charge in [-0.3, -0.25) is 9.59 Å². The first kappa shape index (κ1) is 24.4. The van der Waals surface area contributed by atoms with Crippen LogP contribution in [0.25, 0.3) is 11.0 Å². The topological polar surface area (TPSA) is 69.0 Å². The van der Waals surface area contributed by atoms with Crippen LogP contribution >= 0.6 is 0 Å². The summed E-state index contributed by atoms with van der Waals surface area (Å²) in [7, 11) is 0. The highest BCUT2D eigenvalue weighted by Crippen LogP contribution is 2.42. The van der Waals surface area contributed by atoms with E-state index in [1.165, 1.54) is 0 Å². The molecule has 1 aromatic heterocycles. The van der Waals surface area contributed by atoms with E-state index in [9.17, 15) is 9.59 Å². The van der Waals surface area contributed by atoms with Crippen LogP contribution in [0.2, 0.25) is 0 Å². The molecule has 188 valence electrons. The van der Waals surface area contributed by atoms with Crippen LogP contribution in [-0.4, -0.2) is 24.0 Å². The molecular weight excluding hydrogens is 466 g/mol. The van der Waals surface area contributed by atoms with Crippen LogP contribution in [0.4, 0.5) is 0 Å². The SMILES string of the molecule is C=CCOc1ccc(C2c3c(oc4cc(C)c(C)cc4c3=O)C(=O)N2Cc2ccccc2)cc1OCC. The molecule has 1 aliphatic heterocycles. The molecule has 4 aromatic rings. The zero-order valence-corrected chi connectivity index (χ0v) is 21.2. The summed E-state index contributed by atoms with van der Waals surface area (Å²) in [4.78, 5) is 29.4. The molecule has 1 atom stereocenters. The molecule has 3 aromatic carbocycles. The Morgan fingerprint density at radius 1 is 0.973 bits per heavy atom. The Bertz CT molecular complexity index is 1550. The van der Waals surface area contributed by atoms with Gasteiger partial charge >= 0.3 is 0 Å². The van der Waals surface area contributed by atoms with Crippen molar-refractivity contribution in [2.75, 3.05) is 13.2 Å². The van der Waals surface area contributed by atoms with Crippen LogP contribution in [0, 0.1) is 13.8 Å². The lowest BCUT2D eigenvalue weighted by Gasteiger charge is -2.26. The zero-order chi connectivity index (χ0) is 26.1. The van der Waals surface area contributed by atoms with Crippen molar-refractivity contribution in [2.45, 2.75) is 33.4 Å². The van der Waals surface area contributed by atoms with E-state index in [1.807, 2.05) is 81.4 Å². The molecule has 37 heavy (non-hydrogen) atoms. The quantitative estimate of drug-likeness (QED) is 0.276. The standard InChI is InChI=1S/C31H29NO5/c1-5-14-36-24-13-12-22(17-26(24)35-6-2)28-27-29(33)23-15-19(3)20(4)16-25(23)37-30(27)31(34)32(28)18-21-10-8-7-9-11-21/h5,7-13,15-17,28H,1,6,14,18H2,2-4H3. The smallest absolute Gasteiger partial charge is 0.291 e. The fourth-order valence-corrected chi connectivity index (χ4v) is 4.80. The molecule has 6 nitrogen and oxygen atoms in total. The molecule has 1 amide bonds. The number of hydrogen-bond acceptors (Lipinski definition) is 5.